The Kier molecular flexibility index (Phi) is 4.76. The van der Waals surface area contributed by atoms with E-state index in [-0.39, 0.29) is 11.8 Å². The Morgan fingerprint density at radius 1 is 1.39 bits per heavy atom. The minimum Gasteiger partial charge on any atom is -0.352 e. The van der Waals surface area contributed by atoms with Gasteiger partial charge in [0, 0.05) is 24.8 Å². The molecule has 5 nitrogen and oxygen atoms in total. The lowest BCUT2D eigenvalue weighted by Crippen LogP contribution is -2.31. The van der Waals surface area contributed by atoms with Gasteiger partial charge in [-0.15, -0.1) is 0 Å². The molecule has 1 aliphatic rings. The predicted molar refractivity (Wildman–Crippen MR) is 90.5 cm³/mol. The van der Waals surface area contributed by atoms with Crippen LogP contribution >= 0.6 is 0 Å². The smallest absolute Gasteiger partial charge is 0.224 e. The summed E-state index contributed by atoms with van der Waals surface area (Å²) in [6, 6.07) is 10.1. The Hall–Kier alpha value is -2.14. The normalized spacial score (nSPS) is 17.6. The van der Waals surface area contributed by atoms with Crippen molar-refractivity contribution in [3.63, 3.8) is 0 Å². The molecule has 1 aromatic heterocycles. The van der Waals surface area contributed by atoms with Crippen LogP contribution in [-0.2, 0) is 11.3 Å². The van der Waals surface area contributed by atoms with Gasteiger partial charge >= 0.3 is 0 Å². The maximum Gasteiger partial charge on any atom is 0.224 e. The van der Waals surface area contributed by atoms with Crippen LogP contribution < -0.4 is 10.6 Å². The molecule has 122 valence electrons. The number of carbonyl (C=O) groups excluding carboxylic acids is 1. The van der Waals surface area contributed by atoms with Gasteiger partial charge in [-0.25, -0.2) is 4.68 Å². The number of carbonyl (C=O) groups is 1. The molecular formula is C18H24N4O. The summed E-state index contributed by atoms with van der Waals surface area (Å²) in [5.74, 6) is 0.554. The van der Waals surface area contributed by atoms with Gasteiger partial charge in [-0.2, -0.15) is 5.10 Å². The van der Waals surface area contributed by atoms with Crippen molar-refractivity contribution in [3.8, 4) is 5.69 Å². The summed E-state index contributed by atoms with van der Waals surface area (Å²) in [4.78, 5) is 12.2. The maximum atomic E-state index is 12.2. The lowest BCUT2D eigenvalue weighted by molar-refractivity contribution is -0.124. The minimum atomic E-state index is 0.0988. The monoisotopic (exact) mass is 312 g/mol. The first-order valence-corrected chi connectivity index (χ1v) is 8.27. The number of para-hydroxylation sites is 1. The van der Waals surface area contributed by atoms with Gasteiger partial charge in [0.15, 0.2) is 0 Å². The van der Waals surface area contributed by atoms with Crippen molar-refractivity contribution in [2.24, 2.45) is 5.92 Å². The standard InChI is InChI=1S/C18H24N4O/c1-13(2)17-15(11-20-18(23)14-8-9-19-10-14)12-22(21-17)16-6-4-3-5-7-16/h3-7,12-14,19H,8-11H2,1-2H3,(H,20,23)/t14-/m0/s1. The molecule has 0 bridgehead atoms. The van der Waals surface area contributed by atoms with E-state index >= 15 is 0 Å². The Bertz CT molecular complexity index is 657. The molecule has 0 unspecified atom stereocenters. The van der Waals surface area contributed by atoms with Crippen molar-refractivity contribution < 1.29 is 4.79 Å². The van der Waals surface area contributed by atoms with Crippen LogP contribution in [0.15, 0.2) is 36.5 Å². The van der Waals surface area contributed by atoms with Crippen molar-refractivity contribution >= 4 is 5.91 Å². The van der Waals surface area contributed by atoms with Crippen LogP contribution in [0.1, 0.15) is 37.4 Å². The summed E-state index contributed by atoms with van der Waals surface area (Å²) in [6.07, 6.45) is 2.95. The van der Waals surface area contributed by atoms with Gasteiger partial charge in [-0.05, 0) is 31.0 Å². The number of nitrogens with one attached hydrogen (secondary N) is 2. The number of nitrogens with zero attached hydrogens (tertiary/aromatic N) is 2. The van der Waals surface area contributed by atoms with E-state index in [0.29, 0.717) is 12.5 Å². The zero-order chi connectivity index (χ0) is 16.2. The molecule has 2 N–H and O–H groups in total. The van der Waals surface area contributed by atoms with E-state index in [1.54, 1.807) is 0 Å². The highest BCUT2D eigenvalue weighted by atomic mass is 16.1. The number of benzene rings is 1. The summed E-state index contributed by atoms with van der Waals surface area (Å²) in [5.41, 5.74) is 3.16. The van der Waals surface area contributed by atoms with Gasteiger partial charge in [-0.1, -0.05) is 32.0 Å². The van der Waals surface area contributed by atoms with Crippen molar-refractivity contribution in [2.45, 2.75) is 32.7 Å². The second-order valence-corrected chi connectivity index (χ2v) is 6.38. The summed E-state index contributed by atoms with van der Waals surface area (Å²) >= 11 is 0. The number of aromatic nitrogens is 2. The maximum absolute atomic E-state index is 12.2. The van der Waals surface area contributed by atoms with Crippen LogP contribution in [0.5, 0.6) is 0 Å². The van der Waals surface area contributed by atoms with Crippen molar-refractivity contribution in [2.75, 3.05) is 13.1 Å². The van der Waals surface area contributed by atoms with Crippen LogP contribution in [0, 0.1) is 5.92 Å². The fourth-order valence-corrected chi connectivity index (χ4v) is 2.96. The van der Waals surface area contributed by atoms with Crippen molar-refractivity contribution in [1.82, 2.24) is 20.4 Å². The van der Waals surface area contributed by atoms with Crippen LogP contribution in [0.25, 0.3) is 5.69 Å². The highest BCUT2D eigenvalue weighted by Crippen LogP contribution is 2.20. The SMILES string of the molecule is CC(C)c1nn(-c2ccccc2)cc1CNC(=O)[C@H]1CCNC1. The van der Waals surface area contributed by atoms with E-state index in [0.717, 1.165) is 36.5 Å². The fourth-order valence-electron chi connectivity index (χ4n) is 2.96. The Morgan fingerprint density at radius 2 is 2.17 bits per heavy atom. The third-order valence-electron chi connectivity index (χ3n) is 4.27. The molecule has 1 fully saturated rings. The second-order valence-electron chi connectivity index (χ2n) is 6.38. The van der Waals surface area contributed by atoms with Gasteiger partial charge in [-0.3, -0.25) is 4.79 Å². The van der Waals surface area contributed by atoms with E-state index < -0.39 is 0 Å². The van der Waals surface area contributed by atoms with Crippen LogP contribution in [-0.4, -0.2) is 28.8 Å². The third-order valence-corrected chi connectivity index (χ3v) is 4.27. The molecule has 0 aliphatic carbocycles. The quantitative estimate of drug-likeness (QED) is 0.890. The summed E-state index contributed by atoms with van der Waals surface area (Å²) in [6.45, 7) is 6.51. The second kappa shape index (κ2) is 6.96. The number of hydrogen-bond donors (Lipinski definition) is 2. The molecule has 2 aromatic rings. The van der Waals surface area contributed by atoms with Gasteiger partial charge in [0.25, 0.3) is 0 Å². The highest BCUT2D eigenvalue weighted by molar-refractivity contribution is 5.79. The molecule has 23 heavy (non-hydrogen) atoms. The van der Waals surface area contributed by atoms with Crippen LogP contribution in [0.2, 0.25) is 0 Å². The first kappa shape index (κ1) is 15.7. The third kappa shape index (κ3) is 3.62. The molecule has 0 saturated carbocycles. The van der Waals surface area contributed by atoms with Crippen LogP contribution in [0.4, 0.5) is 0 Å². The molecule has 1 saturated heterocycles. The summed E-state index contributed by atoms with van der Waals surface area (Å²) in [7, 11) is 0. The predicted octanol–water partition coefficient (Wildman–Crippen LogP) is 2.22. The Morgan fingerprint density at radius 3 is 2.83 bits per heavy atom. The molecular weight excluding hydrogens is 288 g/mol. The molecule has 0 spiro atoms. The number of amides is 1. The van der Waals surface area contributed by atoms with E-state index in [2.05, 4.69) is 24.5 Å². The van der Waals surface area contributed by atoms with E-state index in [9.17, 15) is 4.79 Å². The van der Waals surface area contributed by atoms with Gasteiger partial charge in [0.05, 0.1) is 17.3 Å². The number of hydrogen-bond acceptors (Lipinski definition) is 3. The molecule has 3 rings (SSSR count). The van der Waals surface area contributed by atoms with Crippen molar-refractivity contribution in [1.29, 1.82) is 0 Å². The first-order valence-electron chi connectivity index (χ1n) is 8.27. The Labute approximate surface area is 137 Å². The zero-order valence-electron chi connectivity index (χ0n) is 13.7. The minimum absolute atomic E-state index is 0.0988. The van der Waals surface area contributed by atoms with Crippen molar-refractivity contribution in [3.05, 3.63) is 47.8 Å². The molecule has 1 aromatic carbocycles. The van der Waals surface area contributed by atoms with E-state index in [1.807, 2.05) is 41.2 Å². The van der Waals surface area contributed by atoms with Gasteiger partial charge in [0.2, 0.25) is 5.91 Å². The average Bonchev–Trinajstić information content (AvgIpc) is 3.23. The summed E-state index contributed by atoms with van der Waals surface area (Å²) < 4.78 is 1.90. The lowest BCUT2D eigenvalue weighted by Gasteiger charge is -2.10. The topological polar surface area (TPSA) is 59.0 Å². The largest absolute Gasteiger partial charge is 0.352 e. The molecule has 2 heterocycles. The van der Waals surface area contributed by atoms with Crippen LogP contribution in [0.3, 0.4) is 0 Å². The number of rotatable bonds is 5. The molecule has 1 atom stereocenters. The summed E-state index contributed by atoms with van der Waals surface area (Å²) in [5, 5.41) is 11.0. The average molecular weight is 312 g/mol. The molecule has 0 radical (unpaired) electrons. The molecule has 1 amide bonds. The van der Waals surface area contributed by atoms with Gasteiger partial charge in [0.1, 0.15) is 0 Å². The zero-order valence-corrected chi connectivity index (χ0v) is 13.7. The first-order chi connectivity index (χ1) is 11.1. The van der Waals surface area contributed by atoms with E-state index in [1.165, 1.54) is 0 Å². The lowest BCUT2D eigenvalue weighted by atomic mass is 10.1. The van der Waals surface area contributed by atoms with Gasteiger partial charge < -0.3 is 10.6 Å². The highest BCUT2D eigenvalue weighted by Gasteiger charge is 2.22. The molecule has 5 heteroatoms. The van der Waals surface area contributed by atoms with E-state index in [4.69, 9.17) is 5.10 Å². The Balaban J connectivity index is 1.75. The molecule has 1 aliphatic heterocycles. The fraction of sp³-hybridized carbons (Fsp3) is 0.444.